The standard InChI is InChI=1S/C18H30N2O/c1-13(2)10-15(12-20(3)4)19-18-7-5-6-14-8-9-16(21)11-17(14)18/h8-9,11,13,15,18-19,21H,5-7,10,12H2,1-4H3. The van der Waals surface area contributed by atoms with Gasteiger partial charge in [-0.3, -0.25) is 0 Å². The van der Waals surface area contributed by atoms with E-state index in [1.807, 2.05) is 12.1 Å². The van der Waals surface area contributed by atoms with E-state index in [9.17, 15) is 5.11 Å². The van der Waals surface area contributed by atoms with Crippen molar-refractivity contribution >= 4 is 0 Å². The molecule has 118 valence electrons. The lowest BCUT2D eigenvalue weighted by Crippen LogP contribution is -2.42. The summed E-state index contributed by atoms with van der Waals surface area (Å²) < 4.78 is 0. The predicted molar refractivity (Wildman–Crippen MR) is 88.7 cm³/mol. The summed E-state index contributed by atoms with van der Waals surface area (Å²) >= 11 is 0. The van der Waals surface area contributed by atoms with Gasteiger partial charge in [-0.15, -0.1) is 0 Å². The summed E-state index contributed by atoms with van der Waals surface area (Å²) in [6.07, 6.45) is 4.71. The number of likely N-dealkylation sites (N-methyl/N-ethyl adjacent to an activating group) is 1. The third-order valence-corrected chi connectivity index (χ3v) is 4.22. The molecule has 1 aromatic carbocycles. The average molecular weight is 290 g/mol. The van der Waals surface area contributed by atoms with Crippen LogP contribution in [0, 0.1) is 5.92 Å². The molecule has 2 atom stereocenters. The number of nitrogens with one attached hydrogen (secondary N) is 1. The van der Waals surface area contributed by atoms with Crippen LogP contribution >= 0.6 is 0 Å². The van der Waals surface area contributed by atoms with Gasteiger partial charge in [0.15, 0.2) is 0 Å². The molecule has 1 aliphatic carbocycles. The van der Waals surface area contributed by atoms with Crippen LogP contribution in [-0.4, -0.2) is 36.7 Å². The molecule has 0 fully saturated rings. The average Bonchev–Trinajstić information content (AvgIpc) is 2.38. The largest absolute Gasteiger partial charge is 0.508 e. The maximum Gasteiger partial charge on any atom is 0.115 e. The van der Waals surface area contributed by atoms with Crippen LogP contribution in [0.2, 0.25) is 0 Å². The van der Waals surface area contributed by atoms with Crippen LogP contribution in [0.4, 0.5) is 0 Å². The fraction of sp³-hybridized carbons (Fsp3) is 0.667. The van der Waals surface area contributed by atoms with Gasteiger partial charge in [-0.05, 0) is 69.0 Å². The van der Waals surface area contributed by atoms with Crippen LogP contribution in [0.3, 0.4) is 0 Å². The quantitative estimate of drug-likeness (QED) is 0.843. The van der Waals surface area contributed by atoms with Crippen LogP contribution in [0.1, 0.15) is 50.3 Å². The molecule has 3 nitrogen and oxygen atoms in total. The van der Waals surface area contributed by atoms with Crippen molar-refractivity contribution in [3.8, 4) is 5.75 Å². The molecule has 0 radical (unpaired) electrons. The van der Waals surface area contributed by atoms with E-state index in [0.717, 1.165) is 13.0 Å². The Bertz CT molecular complexity index is 447. The molecule has 0 aromatic heterocycles. The maximum atomic E-state index is 9.79. The monoisotopic (exact) mass is 290 g/mol. The highest BCUT2D eigenvalue weighted by Crippen LogP contribution is 2.32. The number of aryl methyl sites for hydroxylation is 1. The zero-order valence-electron chi connectivity index (χ0n) is 13.9. The Morgan fingerprint density at radius 3 is 2.76 bits per heavy atom. The molecule has 2 N–H and O–H groups in total. The Morgan fingerprint density at radius 2 is 2.10 bits per heavy atom. The van der Waals surface area contributed by atoms with Crippen LogP contribution in [0.15, 0.2) is 18.2 Å². The fourth-order valence-corrected chi connectivity index (χ4v) is 3.45. The Balaban J connectivity index is 2.12. The Kier molecular flexibility index (Phi) is 5.65. The summed E-state index contributed by atoms with van der Waals surface area (Å²) in [5, 5.41) is 13.6. The van der Waals surface area contributed by atoms with Crippen molar-refractivity contribution in [1.82, 2.24) is 10.2 Å². The lowest BCUT2D eigenvalue weighted by Gasteiger charge is -2.32. The highest BCUT2D eigenvalue weighted by molar-refractivity contribution is 5.38. The van der Waals surface area contributed by atoms with Gasteiger partial charge < -0.3 is 15.3 Å². The number of benzene rings is 1. The number of fused-ring (bicyclic) bond motifs is 1. The first kappa shape index (κ1) is 16.3. The highest BCUT2D eigenvalue weighted by atomic mass is 16.3. The van der Waals surface area contributed by atoms with E-state index in [1.165, 1.54) is 30.4 Å². The summed E-state index contributed by atoms with van der Waals surface area (Å²) in [7, 11) is 4.27. The molecular formula is C18H30N2O. The van der Waals surface area contributed by atoms with Crippen molar-refractivity contribution < 1.29 is 5.11 Å². The molecule has 1 aliphatic rings. The summed E-state index contributed by atoms with van der Waals surface area (Å²) in [5.41, 5.74) is 2.69. The van der Waals surface area contributed by atoms with E-state index in [4.69, 9.17) is 0 Å². The van der Waals surface area contributed by atoms with E-state index in [2.05, 4.69) is 44.2 Å². The number of hydrogen-bond donors (Lipinski definition) is 2. The first-order valence-electron chi connectivity index (χ1n) is 8.18. The van der Waals surface area contributed by atoms with Gasteiger partial charge in [-0.1, -0.05) is 19.9 Å². The zero-order valence-corrected chi connectivity index (χ0v) is 13.9. The van der Waals surface area contributed by atoms with Gasteiger partial charge in [0.1, 0.15) is 5.75 Å². The number of hydrogen-bond acceptors (Lipinski definition) is 3. The van der Waals surface area contributed by atoms with Crippen molar-refractivity contribution in [3.63, 3.8) is 0 Å². The molecule has 1 aromatic rings. The first-order valence-corrected chi connectivity index (χ1v) is 8.18. The van der Waals surface area contributed by atoms with Crippen LogP contribution in [-0.2, 0) is 6.42 Å². The second-order valence-electron chi connectivity index (χ2n) is 7.08. The van der Waals surface area contributed by atoms with Gasteiger partial charge in [-0.25, -0.2) is 0 Å². The predicted octanol–water partition coefficient (Wildman–Crippen LogP) is 3.34. The Morgan fingerprint density at radius 1 is 1.33 bits per heavy atom. The molecule has 0 amide bonds. The summed E-state index contributed by atoms with van der Waals surface area (Å²) in [5.74, 6) is 1.07. The van der Waals surface area contributed by atoms with Crippen molar-refractivity contribution in [2.24, 2.45) is 5.92 Å². The fourth-order valence-electron chi connectivity index (χ4n) is 3.45. The van der Waals surface area contributed by atoms with E-state index >= 15 is 0 Å². The van der Waals surface area contributed by atoms with E-state index < -0.39 is 0 Å². The number of phenols is 1. The lowest BCUT2D eigenvalue weighted by molar-refractivity contribution is 0.277. The van der Waals surface area contributed by atoms with Crippen LogP contribution in [0.5, 0.6) is 5.75 Å². The molecule has 3 heteroatoms. The van der Waals surface area contributed by atoms with Gasteiger partial charge in [0.05, 0.1) is 0 Å². The molecular weight excluding hydrogens is 260 g/mol. The molecule has 0 bridgehead atoms. The van der Waals surface area contributed by atoms with Crippen molar-refractivity contribution in [2.75, 3.05) is 20.6 Å². The highest BCUT2D eigenvalue weighted by Gasteiger charge is 2.24. The third-order valence-electron chi connectivity index (χ3n) is 4.22. The second kappa shape index (κ2) is 7.28. The second-order valence-corrected chi connectivity index (χ2v) is 7.08. The summed E-state index contributed by atoms with van der Waals surface area (Å²) in [4.78, 5) is 2.26. The van der Waals surface area contributed by atoms with Crippen molar-refractivity contribution in [3.05, 3.63) is 29.3 Å². The number of aromatic hydroxyl groups is 1. The molecule has 0 saturated carbocycles. The molecule has 0 spiro atoms. The topological polar surface area (TPSA) is 35.5 Å². The molecule has 21 heavy (non-hydrogen) atoms. The van der Waals surface area contributed by atoms with E-state index in [1.54, 1.807) is 0 Å². The number of nitrogens with zero attached hydrogens (tertiary/aromatic N) is 1. The minimum atomic E-state index is 0.379. The molecule has 2 rings (SSSR count). The smallest absolute Gasteiger partial charge is 0.115 e. The number of rotatable bonds is 6. The van der Waals surface area contributed by atoms with Gasteiger partial charge in [0, 0.05) is 18.6 Å². The maximum absolute atomic E-state index is 9.79. The first-order chi connectivity index (χ1) is 9.95. The molecule has 0 aliphatic heterocycles. The Hall–Kier alpha value is -1.06. The summed E-state index contributed by atoms with van der Waals surface area (Å²) in [6.45, 7) is 5.62. The molecule has 2 unspecified atom stereocenters. The third kappa shape index (κ3) is 4.72. The minimum Gasteiger partial charge on any atom is -0.508 e. The van der Waals surface area contributed by atoms with Gasteiger partial charge in [0.2, 0.25) is 0 Å². The van der Waals surface area contributed by atoms with Crippen LogP contribution < -0.4 is 5.32 Å². The van der Waals surface area contributed by atoms with Crippen LogP contribution in [0.25, 0.3) is 0 Å². The van der Waals surface area contributed by atoms with Gasteiger partial charge in [-0.2, -0.15) is 0 Å². The van der Waals surface area contributed by atoms with E-state index in [0.29, 0.717) is 23.8 Å². The lowest BCUT2D eigenvalue weighted by atomic mass is 9.86. The van der Waals surface area contributed by atoms with Crippen molar-refractivity contribution in [1.29, 1.82) is 0 Å². The van der Waals surface area contributed by atoms with Gasteiger partial charge in [0.25, 0.3) is 0 Å². The van der Waals surface area contributed by atoms with Gasteiger partial charge >= 0.3 is 0 Å². The normalized spacial score (nSPS) is 19.8. The zero-order chi connectivity index (χ0) is 15.4. The van der Waals surface area contributed by atoms with E-state index in [-0.39, 0.29) is 0 Å². The molecule has 0 saturated heterocycles. The Labute approximate surface area is 129 Å². The summed E-state index contributed by atoms with van der Waals surface area (Å²) in [6, 6.07) is 6.73. The number of phenolic OH excluding ortho intramolecular Hbond substituents is 1. The molecule has 0 heterocycles. The SMILES string of the molecule is CC(C)CC(CN(C)C)NC1CCCc2ccc(O)cc21. The minimum absolute atomic E-state index is 0.379. The van der Waals surface area contributed by atoms with Crippen molar-refractivity contribution in [2.45, 2.75) is 51.6 Å².